The zero-order valence-corrected chi connectivity index (χ0v) is 15.3. The maximum atomic E-state index is 11.8. The Morgan fingerprint density at radius 2 is 1.88 bits per heavy atom. The minimum absolute atomic E-state index is 0.211. The Morgan fingerprint density at radius 1 is 1.15 bits per heavy atom. The fourth-order valence-electron chi connectivity index (χ4n) is 2.56. The number of nitrogens with zero attached hydrogens (tertiary/aromatic N) is 4. The summed E-state index contributed by atoms with van der Waals surface area (Å²) in [6, 6.07) is 14.2. The summed E-state index contributed by atoms with van der Waals surface area (Å²) in [6.07, 6.45) is 0. The molecule has 26 heavy (non-hydrogen) atoms. The molecule has 3 rings (SSSR count). The van der Waals surface area contributed by atoms with E-state index < -0.39 is 0 Å². The molecular formula is C18H19N4O3S+. The first-order valence-corrected chi connectivity index (χ1v) is 9.07. The minimum atomic E-state index is 0.211. The molecule has 134 valence electrons. The van der Waals surface area contributed by atoms with Crippen molar-refractivity contribution in [1.82, 2.24) is 14.8 Å². The van der Waals surface area contributed by atoms with Crippen LogP contribution in [0.3, 0.4) is 0 Å². The van der Waals surface area contributed by atoms with E-state index in [9.17, 15) is 10.0 Å². The fraction of sp³-hybridized carbons (Fsp3) is 0.222. The largest absolute Gasteiger partial charge is 0.508 e. The molecule has 8 heteroatoms. The number of benzene rings is 2. The van der Waals surface area contributed by atoms with Gasteiger partial charge >= 0.3 is 5.69 Å². The summed E-state index contributed by atoms with van der Waals surface area (Å²) >= 11 is 1.50. The Bertz CT molecular complexity index is 909. The van der Waals surface area contributed by atoms with Crippen molar-refractivity contribution in [3.05, 3.63) is 59.0 Å². The summed E-state index contributed by atoms with van der Waals surface area (Å²) in [4.78, 5) is 17.1. The van der Waals surface area contributed by atoms with E-state index in [-0.39, 0.29) is 5.75 Å². The normalized spacial score (nSPS) is 10.7. The van der Waals surface area contributed by atoms with Gasteiger partial charge in [0.1, 0.15) is 5.75 Å². The molecule has 3 aromatic rings. The molecule has 0 aliphatic heterocycles. The van der Waals surface area contributed by atoms with Crippen LogP contribution in [0.4, 0.5) is 5.69 Å². The monoisotopic (exact) mass is 371 g/mol. The lowest BCUT2D eigenvalue weighted by Crippen LogP contribution is -2.02. The highest BCUT2D eigenvalue weighted by molar-refractivity contribution is 7.98. The van der Waals surface area contributed by atoms with Gasteiger partial charge in [-0.2, -0.15) is 0 Å². The lowest BCUT2D eigenvalue weighted by molar-refractivity contribution is -0.737. The third-order valence-corrected chi connectivity index (χ3v) is 4.89. The fourth-order valence-corrected chi connectivity index (χ4v) is 3.55. The molecule has 0 saturated carbocycles. The predicted molar refractivity (Wildman–Crippen MR) is 99.1 cm³/mol. The second-order valence-electron chi connectivity index (χ2n) is 5.45. The number of phenols is 1. The minimum Gasteiger partial charge on any atom is -0.508 e. The Labute approximate surface area is 155 Å². The zero-order valence-electron chi connectivity index (χ0n) is 14.5. The summed E-state index contributed by atoms with van der Waals surface area (Å²) in [5.74, 6) is 1.51. The van der Waals surface area contributed by atoms with Crippen LogP contribution in [-0.2, 0) is 17.1 Å². The van der Waals surface area contributed by atoms with Crippen molar-refractivity contribution in [2.45, 2.75) is 24.4 Å². The van der Waals surface area contributed by atoms with Gasteiger partial charge in [0.2, 0.25) is 0 Å². The van der Waals surface area contributed by atoms with Crippen LogP contribution in [0.25, 0.3) is 11.4 Å². The van der Waals surface area contributed by atoms with E-state index in [4.69, 9.17) is 4.84 Å². The zero-order chi connectivity index (χ0) is 18.5. The van der Waals surface area contributed by atoms with Gasteiger partial charge in [-0.05, 0) is 31.2 Å². The average molecular weight is 371 g/mol. The Balaban J connectivity index is 1.84. The van der Waals surface area contributed by atoms with E-state index in [0.29, 0.717) is 22.9 Å². The second kappa shape index (κ2) is 8.01. The quantitative estimate of drug-likeness (QED) is 0.501. The number of para-hydroxylation sites is 1. The second-order valence-corrected chi connectivity index (χ2v) is 6.40. The van der Waals surface area contributed by atoms with Crippen molar-refractivity contribution < 1.29 is 14.9 Å². The summed E-state index contributed by atoms with van der Waals surface area (Å²) in [5.41, 5.74) is 2.21. The number of hydrogen-bond acceptors (Lipinski definition) is 6. The maximum absolute atomic E-state index is 11.8. The first kappa shape index (κ1) is 17.9. The molecule has 0 aliphatic rings. The molecule has 0 fully saturated rings. The Hall–Kier alpha value is -2.87. The van der Waals surface area contributed by atoms with E-state index in [1.165, 1.54) is 18.9 Å². The number of aromatic nitrogens is 3. The Morgan fingerprint density at radius 3 is 2.58 bits per heavy atom. The van der Waals surface area contributed by atoms with Gasteiger partial charge in [0.05, 0.1) is 4.91 Å². The van der Waals surface area contributed by atoms with Gasteiger partial charge in [-0.3, -0.25) is 0 Å². The highest BCUT2D eigenvalue weighted by Gasteiger charge is 2.21. The van der Waals surface area contributed by atoms with Crippen molar-refractivity contribution >= 4 is 17.4 Å². The third-order valence-electron chi connectivity index (χ3n) is 3.87. The number of phenolic OH excluding ortho intramolecular Hbond substituents is 1. The van der Waals surface area contributed by atoms with Gasteiger partial charge in [0.15, 0.2) is 18.1 Å². The molecular weight excluding hydrogens is 352 g/mol. The van der Waals surface area contributed by atoms with Crippen LogP contribution in [0.15, 0.2) is 53.7 Å². The summed E-state index contributed by atoms with van der Waals surface area (Å²) in [5, 5.41) is 18.8. The first-order chi connectivity index (χ1) is 12.6. The van der Waals surface area contributed by atoms with Crippen LogP contribution in [0, 0.1) is 4.91 Å². The molecule has 1 N–H and O–H groups in total. The molecule has 0 saturated heterocycles. The van der Waals surface area contributed by atoms with Crippen molar-refractivity contribution in [1.29, 1.82) is 0 Å². The number of thioether (sulfide) groups is 1. The van der Waals surface area contributed by atoms with Crippen molar-refractivity contribution in [2.24, 2.45) is 0 Å². The molecule has 2 aromatic carbocycles. The van der Waals surface area contributed by atoms with E-state index in [1.807, 2.05) is 35.8 Å². The highest BCUT2D eigenvalue weighted by atomic mass is 32.2. The molecule has 0 atom stereocenters. The highest BCUT2D eigenvalue weighted by Crippen LogP contribution is 2.30. The molecule has 0 spiro atoms. The van der Waals surface area contributed by atoms with Gasteiger partial charge in [-0.15, -0.1) is 10.2 Å². The van der Waals surface area contributed by atoms with Crippen molar-refractivity contribution in [3.63, 3.8) is 0 Å². The third kappa shape index (κ3) is 3.70. The molecule has 0 bridgehead atoms. The standard InChI is InChI=1S/C18H18N4O3S/c1-3-21-17(13-8-10-15(23)11-9-13)19-20-18(21)26-12-14-6-4-5-7-16(14)22(24)25-2/h4-11H,3,12H2,1-2H3/p+1. The molecule has 0 aliphatic carbocycles. The predicted octanol–water partition coefficient (Wildman–Crippen LogP) is 3.93. The number of rotatable bonds is 7. The van der Waals surface area contributed by atoms with E-state index >= 15 is 0 Å². The van der Waals surface area contributed by atoms with Crippen molar-refractivity contribution in [3.8, 4) is 17.1 Å². The maximum Gasteiger partial charge on any atom is 0.320 e. The van der Waals surface area contributed by atoms with E-state index in [0.717, 1.165) is 22.1 Å². The van der Waals surface area contributed by atoms with Crippen molar-refractivity contribution in [2.75, 3.05) is 7.11 Å². The topological polar surface area (TPSA) is 80.2 Å². The summed E-state index contributed by atoms with van der Waals surface area (Å²) < 4.78 is 2.00. The van der Waals surface area contributed by atoms with E-state index in [1.54, 1.807) is 24.3 Å². The molecule has 1 aromatic heterocycles. The van der Waals surface area contributed by atoms with Gasteiger partial charge in [0, 0.05) is 29.5 Å². The molecule has 1 heterocycles. The SMILES string of the molecule is CCn1c(SCc2ccccc2[N+](=O)OC)nnc1-c1ccc(O)cc1. The van der Waals surface area contributed by atoms with Crippen LogP contribution in [0.2, 0.25) is 0 Å². The van der Waals surface area contributed by atoms with Crippen LogP contribution in [-0.4, -0.2) is 31.9 Å². The van der Waals surface area contributed by atoms with E-state index in [2.05, 4.69) is 10.2 Å². The molecule has 0 radical (unpaired) electrons. The first-order valence-electron chi connectivity index (χ1n) is 8.08. The Kier molecular flexibility index (Phi) is 5.52. The lowest BCUT2D eigenvalue weighted by Gasteiger charge is -2.07. The smallest absolute Gasteiger partial charge is 0.320 e. The summed E-state index contributed by atoms with van der Waals surface area (Å²) in [7, 11) is 1.34. The lowest BCUT2D eigenvalue weighted by atomic mass is 10.2. The molecule has 7 nitrogen and oxygen atoms in total. The van der Waals surface area contributed by atoms with Crippen LogP contribution in [0.1, 0.15) is 12.5 Å². The van der Waals surface area contributed by atoms with Crippen LogP contribution in [0.5, 0.6) is 5.75 Å². The van der Waals surface area contributed by atoms with Gasteiger partial charge in [0.25, 0.3) is 4.92 Å². The summed E-state index contributed by atoms with van der Waals surface area (Å²) in [6.45, 7) is 2.73. The molecule has 0 unspecified atom stereocenters. The van der Waals surface area contributed by atoms with Gasteiger partial charge in [-0.25, -0.2) is 4.84 Å². The molecule has 0 amide bonds. The van der Waals surface area contributed by atoms with Crippen LogP contribution < -0.4 is 0 Å². The van der Waals surface area contributed by atoms with Crippen LogP contribution >= 0.6 is 11.8 Å². The van der Waals surface area contributed by atoms with Gasteiger partial charge in [-0.1, -0.05) is 30.0 Å². The number of aromatic hydroxyl groups is 1. The van der Waals surface area contributed by atoms with Gasteiger partial charge < -0.3 is 9.67 Å². The average Bonchev–Trinajstić information content (AvgIpc) is 3.09. The number of hydrogen-bond donors (Lipinski definition) is 1.